The van der Waals surface area contributed by atoms with Gasteiger partial charge in [0.2, 0.25) is 0 Å². The second-order valence-electron chi connectivity index (χ2n) is 4.16. The number of anilines is 1. The summed E-state index contributed by atoms with van der Waals surface area (Å²) in [5, 5.41) is 0.395. The Morgan fingerprint density at radius 3 is 2.67 bits per heavy atom. The van der Waals surface area contributed by atoms with Crippen molar-refractivity contribution in [2.75, 3.05) is 4.90 Å². The Balaban J connectivity index is 2.49. The predicted molar refractivity (Wildman–Crippen MR) is 68.0 cm³/mol. The fraction of sp³-hybridized carbons (Fsp3) is 0.308. The summed E-state index contributed by atoms with van der Waals surface area (Å²) < 4.78 is 0. The Bertz CT molecular complexity index is 553. The SMILES string of the molecule is CCC(=O)C(C)N1C(=O)C(=O)c2cc(Cl)ccc21. The van der Waals surface area contributed by atoms with Crippen LogP contribution in [0.5, 0.6) is 0 Å². The van der Waals surface area contributed by atoms with E-state index in [1.165, 1.54) is 11.0 Å². The second-order valence-corrected chi connectivity index (χ2v) is 4.60. The first kappa shape index (κ1) is 12.8. The molecule has 1 atom stereocenters. The summed E-state index contributed by atoms with van der Waals surface area (Å²) >= 11 is 5.80. The molecule has 0 saturated heterocycles. The molecule has 5 heteroatoms. The zero-order chi connectivity index (χ0) is 13.4. The van der Waals surface area contributed by atoms with Gasteiger partial charge < -0.3 is 0 Å². The predicted octanol–water partition coefficient (Wildman–Crippen LogP) is 2.24. The molecule has 0 bridgehead atoms. The quantitative estimate of drug-likeness (QED) is 0.788. The lowest BCUT2D eigenvalue weighted by Crippen LogP contribution is -2.42. The largest absolute Gasteiger partial charge is 0.300 e. The zero-order valence-electron chi connectivity index (χ0n) is 10.1. The minimum atomic E-state index is -0.665. The van der Waals surface area contributed by atoms with Gasteiger partial charge in [0.05, 0.1) is 17.3 Å². The van der Waals surface area contributed by atoms with Gasteiger partial charge >= 0.3 is 0 Å². The Morgan fingerprint density at radius 2 is 2.06 bits per heavy atom. The monoisotopic (exact) mass is 265 g/mol. The summed E-state index contributed by atoms with van der Waals surface area (Å²) in [5.41, 5.74) is 0.729. The maximum Gasteiger partial charge on any atom is 0.300 e. The maximum absolute atomic E-state index is 11.9. The normalized spacial score (nSPS) is 15.8. The van der Waals surface area contributed by atoms with E-state index in [9.17, 15) is 14.4 Å². The van der Waals surface area contributed by atoms with E-state index in [0.29, 0.717) is 17.1 Å². The molecule has 1 unspecified atom stereocenters. The van der Waals surface area contributed by atoms with Crippen molar-refractivity contribution in [3.8, 4) is 0 Å². The Labute approximate surface area is 110 Å². The van der Waals surface area contributed by atoms with Gasteiger partial charge in [-0.1, -0.05) is 18.5 Å². The molecule has 0 saturated carbocycles. The summed E-state index contributed by atoms with van der Waals surface area (Å²) in [7, 11) is 0. The molecule has 1 heterocycles. The van der Waals surface area contributed by atoms with Crippen LogP contribution in [-0.4, -0.2) is 23.5 Å². The summed E-state index contributed by atoms with van der Waals surface area (Å²) in [6.45, 7) is 3.35. The lowest BCUT2D eigenvalue weighted by atomic mass is 10.1. The van der Waals surface area contributed by atoms with Gasteiger partial charge in [0.25, 0.3) is 11.7 Å². The highest BCUT2D eigenvalue weighted by Crippen LogP contribution is 2.32. The van der Waals surface area contributed by atoms with Gasteiger partial charge in [0.1, 0.15) is 0 Å². The van der Waals surface area contributed by atoms with E-state index in [1.807, 2.05) is 0 Å². The van der Waals surface area contributed by atoms with Crippen LogP contribution in [0.15, 0.2) is 18.2 Å². The van der Waals surface area contributed by atoms with Gasteiger partial charge in [-0.3, -0.25) is 19.3 Å². The van der Waals surface area contributed by atoms with Crippen molar-refractivity contribution >= 4 is 34.8 Å². The maximum atomic E-state index is 11.9. The lowest BCUT2D eigenvalue weighted by molar-refractivity contribution is -0.122. The van der Waals surface area contributed by atoms with Crippen LogP contribution in [0.1, 0.15) is 30.6 Å². The van der Waals surface area contributed by atoms with Gasteiger partial charge in [-0.25, -0.2) is 0 Å². The van der Waals surface area contributed by atoms with Crippen LogP contribution < -0.4 is 4.90 Å². The summed E-state index contributed by atoms with van der Waals surface area (Å²) in [6, 6.07) is 4.02. The number of Topliss-reactive ketones (excluding diaryl/α,β-unsaturated/α-hetero) is 2. The smallest absolute Gasteiger partial charge is 0.297 e. The van der Waals surface area contributed by atoms with E-state index in [4.69, 9.17) is 11.6 Å². The van der Waals surface area contributed by atoms with Gasteiger partial charge in [-0.05, 0) is 25.1 Å². The summed E-state index contributed by atoms with van der Waals surface area (Å²) in [4.78, 5) is 36.7. The number of rotatable bonds is 3. The minimum absolute atomic E-state index is 0.0843. The molecule has 94 valence electrons. The lowest BCUT2D eigenvalue weighted by Gasteiger charge is -2.23. The molecule has 1 aliphatic heterocycles. The number of nitrogens with zero attached hydrogens (tertiary/aromatic N) is 1. The summed E-state index contributed by atoms with van der Waals surface area (Å²) in [6.07, 6.45) is 0.321. The van der Waals surface area contributed by atoms with E-state index in [1.54, 1.807) is 26.0 Å². The Hall–Kier alpha value is -1.68. The number of hydrogen-bond donors (Lipinski definition) is 0. The van der Waals surface area contributed by atoms with E-state index >= 15 is 0 Å². The molecule has 1 aliphatic rings. The molecule has 2 rings (SSSR count). The second kappa shape index (κ2) is 4.53. The average molecular weight is 266 g/mol. The number of carbonyl (C=O) groups excluding carboxylic acids is 3. The molecule has 0 aromatic heterocycles. The van der Waals surface area contributed by atoms with Crippen molar-refractivity contribution in [2.45, 2.75) is 26.3 Å². The number of benzene rings is 1. The third-order valence-electron chi connectivity index (χ3n) is 3.08. The van der Waals surface area contributed by atoms with Gasteiger partial charge in [0.15, 0.2) is 5.78 Å². The highest BCUT2D eigenvalue weighted by molar-refractivity contribution is 6.53. The van der Waals surface area contributed by atoms with Crippen LogP contribution in [-0.2, 0) is 9.59 Å². The first-order chi connectivity index (χ1) is 8.47. The van der Waals surface area contributed by atoms with Crippen molar-refractivity contribution in [3.05, 3.63) is 28.8 Å². The number of hydrogen-bond acceptors (Lipinski definition) is 3. The third kappa shape index (κ3) is 1.82. The van der Waals surface area contributed by atoms with Crippen LogP contribution in [0.2, 0.25) is 5.02 Å². The molecule has 0 aliphatic carbocycles. The van der Waals surface area contributed by atoms with Crippen molar-refractivity contribution in [1.29, 1.82) is 0 Å². The van der Waals surface area contributed by atoms with Gasteiger partial charge in [-0.15, -0.1) is 0 Å². The Kier molecular flexibility index (Phi) is 3.22. The van der Waals surface area contributed by atoms with Crippen LogP contribution in [0.4, 0.5) is 5.69 Å². The molecule has 0 fully saturated rings. The average Bonchev–Trinajstić information content (AvgIpc) is 2.60. The number of ketones is 2. The Morgan fingerprint density at radius 1 is 1.39 bits per heavy atom. The van der Waals surface area contributed by atoms with Crippen LogP contribution in [0.3, 0.4) is 0 Å². The van der Waals surface area contributed by atoms with Crippen LogP contribution in [0, 0.1) is 0 Å². The molecular weight excluding hydrogens is 254 g/mol. The summed E-state index contributed by atoms with van der Waals surface area (Å²) in [5.74, 6) is -1.36. The first-order valence-electron chi connectivity index (χ1n) is 5.67. The number of amides is 1. The van der Waals surface area contributed by atoms with Gasteiger partial charge in [-0.2, -0.15) is 0 Å². The molecule has 1 aromatic carbocycles. The van der Waals surface area contributed by atoms with Gasteiger partial charge in [0, 0.05) is 11.4 Å². The van der Waals surface area contributed by atoms with Crippen molar-refractivity contribution in [3.63, 3.8) is 0 Å². The standard InChI is InChI=1S/C13H12ClNO3/c1-3-11(16)7(2)15-10-5-4-8(14)6-9(10)12(17)13(15)18/h4-7H,3H2,1-2H3. The highest BCUT2D eigenvalue weighted by Gasteiger charge is 2.40. The molecule has 18 heavy (non-hydrogen) atoms. The van der Waals surface area contributed by atoms with Crippen LogP contribution >= 0.6 is 11.6 Å². The van der Waals surface area contributed by atoms with Crippen molar-refractivity contribution < 1.29 is 14.4 Å². The number of carbonyl (C=O) groups is 3. The minimum Gasteiger partial charge on any atom is -0.297 e. The number of fused-ring (bicyclic) bond motifs is 1. The van der Waals surface area contributed by atoms with Crippen molar-refractivity contribution in [2.24, 2.45) is 0 Å². The van der Waals surface area contributed by atoms with E-state index in [2.05, 4.69) is 0 Å². The molecule has 1 amide bonds. The van der Waals surface area contributed by atoms with Crippen molar-refractivity contribution in [1.82, 2.24) is 0 Å². The molecule has 4 nitrogen and oxygen atoms in total. The number of halogens is 1. The zero-order valence-corrected chi connectivity index (χ0v) is 10.8. The molecule has 0 radical (unpaired) electrons. The third-order valence-corrected chi connectivity index (χ3v) is 3.31. The highest BCUT2D eigenvalue weighted by atomic mass is 35.5. The molecule has 1 aromatic rings. The fourth-order valence-corrected chi connectivity index (χ4v) is 2.23. The van der Waals surface area contributed by atoms with E-state index in [0.717, 1.165) is 0 Å². The van der Waals surface area contributed by atoms with E-state index < -0.39 is 17.7 Å². The van der Waals surface area contributed by atoms with E-state index in [-0.39, 0.29) is 11.3 Å². The molecular formula is C13H12ClNO3. The first-order valence-corrected chi connectivity index (χ1v) is 6.05. The fourth-order valence-electron chi connectivity index (χ4n) is 2.06. The topological polar surface area (TPSA) is 54.5 Å². The molecule has 0 N–H and O–H groups in total. The van der Waals surface area contributed by atoms with Crippen LogP contribution in [0.25, 0.3) is 0 Å². The molecule has 0 spiro atoms.